The summed E-state index contributed by atoms with van der Waals surface area (Å²) < 4.78 is 0. The summed E-state index contributed by atoms with van der Waals surface area (Å²) in [5, 5.41) is 13.2. The summed E-state index contributed by atoms with van der Waals surface area (Å²) in [6.45, 7) is 0. The Morgan fingerprint density at radius 1 is 0.958 bits per heavy atom. The smallest absolute Gasteiger partial charge is 0.270 e. The van der Waals surface area contributed by atoms with Crippen molar-refractivity contribution in [3.63, 3.8) is 0 Å². The average Bonchev–Trinajstić information content (AvgIpc) is 3.11. The summed E-state index contributed by atoms with van der Waals surface area (Å²) in [7, 11) is 0. The lowest BCUT2D eigenvalue weighted by atomic mass is 10.0. The first kappa shape index (κ1) is 14.1. The molecule has 0 aliphatic heterocycles. The van der Waals surface area contributed by atoms with Gasteiger partial charge < -0.3 is 4.98 Å². The molecule has 5 nitrogen and oxygen atoms in total. The second-order valence-corrected chi connectivity index (χ2v) is 5.48. The molecule has 0 atom stereocenters. The van der Waals surface area contributed by atoms with Crippen molar-refractivity contribution in [2.75, 3.05) is 0 Å². The van der Waals surface area contributed by atoms with E-state index >= 15 is 0 Å². The Kier molecular flexibility index (Phi) is 3.31. The SMILES string of the molecule is O=[N+]([O-])c1cccc(-c2cnc(-c3cccc4ccccc34)[nH]2)c1. The van der Waals surface area contributed by atoms with Crippen LogP contribution in [-0.2, 0) is 0 Å². The van der Waals surface area contributed by atoms with Crippen LogP contribution < -0.4 is 0 Å². The van der Waals surface area contributed by atoms with Crippen LogP contribution in [0.5, 0.6) is 0 Å². The van der Waals surface area contributed by atoms with Crippen LogP contribution in [0.25, 0.3) is 33.4 Å². The first-order valence-electron chi connectivity index (χ1n) is 7.50. The summed E-state index contributed by atoms with van der Waals surface area (Å²) in [5.41, 5.74) is 2.56. The number of hydrogen-bond donors (Lipinski definition) is 1. The van der Waals surface area contributed by atoms with Crippen LogP contribution in [0.1, 0.15) is 0 Å². The van der Waals surface area contributed by atoms with E-state index in [2.05, 4.69) is 28.2 Å². The van der Waals surface area contributed by atoms with Gasteiger partial charge in [0.2, 0.25) is 0 Å². The molecule has 0 saturated heterocycles. The molecule has 1 heterocycles. The van der Waals surface area contributed by atoms with Crippen LogP contribution in [0.4, 0.5) is 5.69 Å². The Balaban J connectivity index is 1.80. The minimum absolute atomic E-state index is 0.0637. The van der Waals surface area contributed by atoms with Crippen LogP contribution in [0.15, 0.2) is 72.9 Å². The maximum Gasteiger partial charge on any atom is 0.270 e. The first-order chi connectivity index (χ1) is 11.7. The number of fused-ring (bicyclic) bond motifs is 1. The molecule has 1 aromatic heterocycles. The maximum atomic E-state index is 10.9. The number of rotatable bonds is 3. The first-order valence-corrected chi connectivity index (χ1v) is 7.50. The van der Waals surface area contributed by atoms with E-state index in [1.165, 1.54) is 6.07 Å². The van der Waals surface area contributed by atoms with E-state index in [4.69, 9.17) is 0 Å². The quantitative estimate of drug-likeness (QED) is 0.436. The van der Waals surface area contributed by atoms with E-state index in [0.29, 0.717) is 0 Å². The number of aromatic amines is 1. The number of H-pyrrole nitrogens is 1. The third kappa shape index (κ3) is 2.42. The zero-order valence-corrected chi connectivity index (χ0v) is 12.6. The van der Waals surface area contributed by atoms with Gasteiger partial charge in [-0.2, -0.15) is 0 Å². The van der Waals surface area contributed by atoms with Crippen LogP contribution in [0.2, 0.25) is 0 Å². The van der Waals surface area contributed by atoms with Crippen LogP contribution in [0, 0.1) is 10.1 Å². The van der Waals surface area contributed by atoms with Gasteiger partial charge in [-0.05, 0) is 10.8 Å². The van der Waals surface area contributed by atoms with Crippen molar-refractivity contribution in [2.24, 2.45) is 0 Å². The molecular weight excluding hydrogens is 302 g/mol. The van der Waals surface area contributed by atoms with Crippen molar-refractivity contribution >= 4 is 16.5 Å². The standard InChI is InChI=1S/C19H13N3O2/c23-22(24)15-8-3-7-14(11-15)18-12-20-19(21-18)17-10-4-6-13-5-1-2-9-16(13)17/h1-12H,(H,20,21). The van der Waals surface area contributed by atoms with Gasteiger partial charge in [-0.15, -0.1) is 0 Å². The summed E-state index contributed by atoms with van der Waals surface area (Å²) in [6.07, 6.45) is 1.70. The number of imidazole rings is 1. The molecule has 0 bridgehead atoms. The molecule has 0 spiro atoms. The number of non-ortho nitro benzene ring substituents is 1. The Hall–Kier alpha value is -3.47. The molecule has 0 unspecified atom stereocenters. The lowest BCUT2D eigenvalue weighted by Gasteiger charge is -2.03. The Bertz CT molecular complexity index is 1050. The predicted octanol–water partition coefficient (Wildman–Crippen LogP) is 4.81. The zero-order chi connectivity index (χ0) is 16.5. The summed E-state index contributed by atoms with van der Waals surface area (Å²) >= 11 is 0. The molecule has 24 heavy (non-hydrogen) atoms. The van der Waals surface area contributed by atoms with E-state index in [1.54, 1.807) is 18.3 Å². The number of benzene rings is 3. The monoisotopic (exact) mass is 315 g/mol. The second-order valence-electron chi connectivity index (χ2n) is 5.48. The third-order valence-corrected chi connectivity index (χ3v) is 3.99. The Labute approximate surface area is 137 Å². The van der Waals surface area contributed by atoms with Gasteiger partial charge in [-0.3, -0.25) is 10.1 Å². The normalized spacial score (nSPS) is 10.8. The van der Waals surface area contributed by atoms with Crippen molar-refractivity contribution in [1.29, 1.82) is 0 Å². The molecular formula is C19H13N3O2. The Morgan fingerprint density at radius 3 is 2.62 bits per heavy atom. The predicted molar refractivity (Wildman–Crippen MR) is 93.6 cm³/mol. The zero-order valence-electron chi connectivity index (χ0n) is 12.6. The molecule has 3 aromatic carbocycles. The summed E-state index contributed by atoms with van der Waals surface area (Å²) in [5.74, 6) is 0.744. The molecule has 0 amide bonds. The highest BCUT2D eigenvalue weighted by Crippen LogP contribution is 2.29. The van der Waals surface area contributed by atoms with E-state index in [1.807, 2.05) is 30.3 Å². The van der Waals surface area contributed by atoms with Gasteiger partial charge in [-0.25, -0.2) is 4.98 Å². The van der Waals surface area contributed by atoms with E-state index < -0.39 is 4.92 Å². The van der Waals surface area contributed by atoms with Gasteiger partial charge in [0.25, 0.3) is 5.69 Å². The molecule has 1 N–H and O–H groups in total. The molecule has 0 radical (unpaired) electrons. The molecule has 4 rings (SSSR count). The van der Waals surface area contributed by atoms with Crippen LogP contribution in [-0.4, -0.2) is 14.9 Å². The average molecular weight is 315 g/mol. The number of hydrogen-bond acceptors (Lipinski definition) is 3. The Morgan fingerprint density at radius 2 is 1.75 bits per heavy atom. The highest BCUT2D eigenvalue weighted by molar-refractivity contribution is 5.95. The lowest BCUT2D eigenvalue weighted by molar-refractivity contribution is -0.384. The lowest BCUT2D eigenvalue weighted by Crippen LogP contribution is -1.88. The molecule has 116 valence electrons. The highest BCUT2D eigenvalue weighted by atomic mass is 16.6. The largest absolute Gasteiger partial charge is 0.338 e. The van der Waals surface area contributed by atoms with Gasteiger partial charge in [0.15, 0.2) is 0 Å². The van der Waals surface area contributed by atoms with Gasteiger partial charge in [0.1, 0.15) is 5.82 Å². The number of aromatic nitrogens is 2. The summed E-state index contributed by atoms with van der Waals surface area (Å²) in [4.78, 5) is 18.3. The molecule has 0 saturated carbocycles. The molecule has 0 fully saturated rings. The van der Waals surface area contributed by atoms with E-state index in [-0.39, 0.29) is 5.69 Å². The van der Waals surface area contributed by atoms with Crippen molar-refractivity contribution in [2.45, 2.75) is 0 Å². The van der Waals surface area contributed by atoms with Crippen molar-refractivity contribution in [3.8, 4) is 22.6 Å². The minimum Gasteiger partial charge on any atom is -0.338 e. The van der Waals surface area contributed by atoms with Gasteiger partial charge in [0, 0.05) is 23.3 Å². The molecule has 4 aromatic rings. The molecule has 5 heteroatoms. The number of nitrogens with one attached hydrogen (secondary N) is 1. The van der Waals surface area contributed by atoms with Crippen molar-refractivity contribution in [3.05, 3.63) is 83.0 Å². The van der Waals surface area contributed by atoms with E-state index in [9.17, 15) is 10.1 Å². The highest BCUT2D eigenvalue weighted by Gasteiger charge is 2.11. The fourth-order valence-corrected chi connectivity index (χ4v) is 2.82. The maximum absolute atomic E-state index is 10.9. The third-order valence-electron chi connectivity index (χ3n) is 3.99. The van der Waals surface area contributed by atoms with Crippen LogP contribution >= 0.6 is 0 Å². The van der Waals surface area contributed by atoms with Crippen molar-refractivity contribution in [1.82, 2.24) is 9.97 Å². The van der Waals surface area contributed by atoms with Gasteiger partial charge >= 0.3 is 0 Å². The molecule has 0 aliphatic rings. The van der Waals surface area contributed by atoms with Gasteiger partial charge in [0.05, 0.1) is 16.8 Å². The molecule has 0 aliphatic carbocycles. The van der Waals surface area contributed by atoms with E-state index in [0.717, 1.165) is 33.4 Å². The van der Waals surface area contributed by atoms with Crippen LogP contribution in [0.3, 0.4) is 0 Å². The van der Waals surface area contributed by atoms with Crippen molar-refractivity contribution < 1.29 is 4.92 Å². The second kappa shape index (κ2) is 5.62. The number of nitro groups is 1. The fourth-order valence-electron chi connectivity index (χ4n) is 2.82. The summed E-state index contributed by atoms with van der Waals surface area (Å²) in [6, 6.07) is 20.7. The fraction of sp³-hybridized carbons (Fsp3) is 0. The number of nitro benzene ring substituents is 1. The van der Waals surface area contributed by atoms with Gasteiger partial charge in [-0.1, -0.05) is 54.6 Å². The number of nitrogens with zero attached hydrogens (tertiary/aromatic N) is 2. The topological polar surface area (TPSA) is 71.8 Å². The minimum atomic E-state index is -0.397.